The molecule has 2 amide bonds. The highest BCUT2D eigenvalue weighted by molar-refractivity contribution is 7.92. The fourth-order valence-electron chi connectivity index (χ4n) is 5.56. The Hall–Kier alpha value is -3.47. The van der Waals surface area contributed by atoms with E-state index >= 15 is 0 Å². The highest BCUT2D eigenvalue weighted by atomic mass is 35.5. The molecule has 1 heterocycles. The normalized spacial score (nSPS) is 15.4. The van der Waals surface area contributed by atoms with Gasteiger partial charge < -0.3 is 19.7 Å². The van der Waals surface area contributed by atoms with E-state index in [9.17, 15) is 18.0 Å². The molecule has 5 rings (SSSR count). The molecule has 1 saturated carbocycles. The number of benzene rings is 3. The second-order valence-corrected chi connectivity index (χ2v) is 13.5. The minimum absolute atomic E-state index is 0.0183. The SMILES string of the molecule is CC[C@@H](C(=O)NC1CCCC1)N(Cc1ccc(Cl)c(Cl)c1)C(=O)CN(c1ccc2c(c1)OCCO2)S(=O)(=O)c1ccccc1. The van der Waals surface area contributed by atoms with Gasteiger partial charge in [-0.1, -0.05) is 67.2 Å². The molecule has 1 atom stereocenters. The van der Waals surface area contributed by atoms with E-state index in [4.69, 9.17) is 32.7 Å². The largest absolute Gasteiger partial charge is 0.486 e. The van der Waals surface area contributed by atoms with E-state index in [-0.39, 0.29) is 29.1 Å². The number of nitrogens with zero attached hydrogens (tertiary/aromatic N) is 2. The van der Waals surface area contributed by atoms with Crippen LogP contribution < -0.4 is 19.1 Å². The van der Waals surface area contributed by atoms with Crippen LogP contribution in [-0.2, 0) is 26.2 Å². The van der Waals surface area contributed by atoms with Crippen LogP contribution in [0.15, 0.2) is 71.6 Å². The van der Waals surface area contributed by atoms with Gasteiger partial charge >= 0.3 is 0 Å². The first-order chi connectivity index (χ1) is 21.2. The average Bonchev–Trinajstić information content (AvgIpc) is 3.54. The van der Waals surface area contributed by atoms with Gasteiger partial charge in [0.15, 0.2) is 11.5 Å². The van der Waals surface area contributed by atoms with Gasteiger partial charge in [0.25, 0.3) is 10.0 Å². The molecular formula is C32H35Cl2N3O6S. The summed E-state index contributed by atoms with van der Waals surface area (Å²) < 4.78 is 40.5. The molecule has 2 aliphatic rings. The van der Waals surface area contributed by atoms with Gasteiger partial charge in [0.1, 0.15) is 25.8 Å². The number of nitrogens with one attached hydrogen (secondary N) is 1. The summed E-state index contributed by atoms with van der Waals surface area (Å²) >= 11 is 12.4. The molecule has 12 heteroatoms. The van der Waals surface area contributed by atoms with Gasteiger partial charge in [0.2, 0.25) is 11.8 Å². The molecule has 44 heavy (non-hydrogen) atoms. The monoisotopic (exact) mass is 659 g/mol. The second-order valence-electron chi connectivity index (χ2n) is 10.8. The number of carbonyl (C=O) groups excluding carboxylic acids is 2. The van der Waals surface area contributed by atoms with E-state index < -0.39 is 28.5 Å². The molecule has 0 aromatic heterocycles. The number of sulfonamides is 1. The summed E-state index contributed by atoms with van der Waals surface area (Å²) in [6, 6.07) is 16.9. The van der Waals surface area contributed by atoms with Crippen molar-refractivity contribution in [2.45, 2.75) is 62.6 Å². The van der Waals surface area contributed by atoms with E-state index in [2.05, 4.69) is 5.32 Å². The number of ether oxygens (including phenoxy) is 2. The smallest absolute Gasteiger partial charge is 0.264 e. The Morgan fingerprint density at radius 3 is 2.32 bits per heavy atom. The number of fused-ring (bicyclic) bond motifs is 1. The van der Waals surface area contributed by atoms with Crippen LogP contribution in [-0.4, -0.2) is 57.0 Å². The molecule has 1 N–H and O–H groups in total. The van der Waals surface area contributed by atoms with Crippen molar-refractivity contribution in [3.05, 3.63) is 82.3 Å². The van der Waals surface area contributed by atoms with Gasteiger partial charge in [-0.2, -0.15) is 0 Å². The number of hydrogen-bond donors (Lipinski definition) is 1. The van der Waals surface area contributed by atoms with Crippen molar-refractivity contribution < 1.29 is 27.5 Å². The summed E-state index contributed by atoms with van der Waals surface area (Å²) in [6.45, 7) is 1.97. The summed E-state index contributed by atoms with van der Waals surface area (Å²) in [5, 5.41) is 3.77. The summed E-state index contributed by atoms with van der Waals surface area (Å²) in [5.74, 6) is 0.0345. The lowest BCUT2D eigenvalue weighted by atomic mass is 10.1. The lowest BCUT2D eigenvalue weighted by Crippen LogP contribution is -2.53. The van der Waals surface area contributed by atoms with Crippen molar-refractivity contribution in [1.82, 2.24) is 10.2 Å². The van der Waals surface area contributed by atoms with Crippen LogP contribution in [0, 0.1) is 0 Å². The number of anilines is 1. The van der Waals surface area contributed by atoms with Crippen LogP contribution in [0.25, 0.3) is 0 Å². The molecule has 1 fully saturated rings. The lowest BCUT2D eigenvalue weighted by Gasteiger charge is -2.34. The number of hydrogen-bond acceptors (Lipinski definition) is 6. The van der Waals surface area contributed by atoms with Crippen LogP contribution in [0.3, 0.4) is 0 Å². The predicted molar refractivity (Wildman–Crippen MR) is 170 cm³/mol. The van der Waals surface area contributed by atoms with Crippen LogP contribution in [0.2, 0.25) is 10.0 Å². The van der Waals surface area contributed by atoms with Crippen molar-refractivity contribution in [2.24, 2.45) is 0 Å². The molecule has 1 aliphatic heterocycles. The molecule has 0 radical (unpaired) electrons. The number of amides is 2. The fraction of sp³-hybridized carbons (Fsp3) is 0.375. The third-order valence-electron chi connectivity index (χ3n) is 7.85. The highest BCUT2D eigenvalue weighted by Gasteiger charge is 2.35. The summed E-state index contributed by atoms with van der Waals surface area (Å²) in [7, 11) is -4.22. The topological polar surface area (TPSA) is 105 Å². The average molecular weight is 661 g/mol. The van der Waals surface area contributed by atoms with E-state index in [0.29, 0.717) is 46.7 Å². The number of carbonyl (C=O) groups is 2. The summed E-state index contributed by atoms with van der Waals surface area (Å²) in [4.78, 5) is 29.4. The van der Waals surface area contributed by atoms with Crippen molar-refractivity contribution in [2.75, 3.05) is 24.1 Å². The highest BCUT2D eigenvalue weighted by Crippen LogP contribution is 2.36. The quantitative estimate of drug-likeness (QED) is 0.278. The summed E-state index contributed by atoms with van der Waals surface area (Å²) in [6.07, 6.45) is 4.16. The Morgan fingerprint density at radius 1 is 0.932 bits per heavy atom. The van der Waals surface area contributed by atoms with Crippen molar-refractivity contribution in [1.29, 1.82) is 0 Å². The van der Waals surface area contributed by atoms with Crippen LogP contribution >= 0.6 is 23.2 Å². The molecule has 3 aromatic rings. The van der Waals surface area contributed by atoms with Gasteiger partial charge in [-0.05, 0) is 61.2 Å². The molecule has 0 bridgehead atoms. The maximum atomic E-state index is 14.3. The van der Waals surface area contributed by atoms with Gasteiger partial charge in [-0.25, -0.2) is 8.42 Å². The molecule has 1 aliphatic carbocycles. The summed E-state index contributed by atoms with van der Waals surface area (Å²) in [5.41, 5.74) is 0.876. The first-order valence-corrected chi connectivity index (χ1v) is 16.9. The third kappa shape index (κ3) is 7.25. The standard InChI is InChI=1S/C32H35Cl2N3O6S/c1-2-28(32(39)35-23-8-6-7-9-23)36(20-22-12-14-26(33)27(34)18-22)31(38)21-37(44(40,41)25-10-4-3-5-11-25)24-13-15-29-30(19-24)43-17-16-42-29/h3-5,10-15,18-19,23,28H,2,6-9,16-17,20-21H2,1H3,(H,35,39)/t28-/m0/s1. The zero-order chi connectivity index (χ0) is 31.3. The predicted octanol–water partition coefficient (Wildman–Crippen LogP) is 5.83. The Balaban J connectivity index is 1.52. The lowest BCUT2D eigenvalue weighted by molar-refractivity contribution is -0.140. The van der Waals surface area contributed by atoms with Gasteiger partial charge in [-0.15, -0.1) is 0 Å². The molecule has 0 unspecified atom stereocenters. The maximum absolute atomic E-state index is 14.3. The molecule has 0 spiro atoms. The minimum atomic E-state index is -4.22. The fourth-order valence-corrected chi connectivity index (χ4v) is 7.31. The van der Waals surface area contributed by atoms with Crippen LogP contribution in [0.4, 0.5) is 5.69 Å². The zero-order valence-electron chi connectivity index (χ0n) is 24.4. The molecule has 9 nitrogen and oxygen atoms in total. The third-order valence-corrected chi connectivity index (χ3v) is 10.4. The molecular weight excluding hydrogens is 625 g/mol. The molecule has 234 valence electrons. The van der Waals surface area contributed by atoms with E-state index in [1.54, 1.807) is 54.6 Å². The van der Waals surface area contributed by atoms with Crippen molar-refractivity contribution in [3.63, 3.8) is 0 Å². The Morgan fingerprint density at radius 2 is 1.64 bits per heavy atom. The first kappa shape index (κ1) is 31.9. The second kappa shape index (κ2) is 14.1. The molecule has 3 aromatic carbocycles. The van der Waals surface area contributed by atoms with Gasteiger partial charge in [-0.3, -0.25) is 13.9 Å². The van der Waals surface area contributed by atoms with Crippen molar-refractivity contribution >= 4 is 50.7 Å². The number of rotatable bonds is 11. The maximum Gasteiger partial charge on any atom is 0.264 e. The van der Waals surface area contributed by atoms with Crippen LogP contribution in [0.1, 0.15) is 44.6 Å². The Labute approximate surface area is 268 Å². The van der Waals surface area contributed by atoms with Crippen LogP contribution in [0.5, 0.6) is 11.5 Å². The van der Waals surface area contributed by atoms with Crippen molar-refractivity contribution in [3.8, 4) is 11.5 Å². The van der Waals surface area contributed by atoms with Gasteiger partial charge in [0, 0.05) is 18.7 Å². The van der Waals surface area contributed by atoms with E-state index in [1.807, 2.05) is 6.92 Å². The Bertz CT molecular complexity index is 1600. The Kier molecular flexibility index (Phi) is 10.2. The zero-order valence-corrected chi connectivity index (χ0v) is 26.7. The molecule has 0 saturated heterocycles. The van der Waals surface area contributed by atoms with Gasteiger partial charge in [0.05, 0.1) is 20.6 Å². The van der Waals surface area contributed by atoms with E-state index in [0.717, 1.165) is 30.0 Å². The van der Waals surface area contributed by atoms with E-state index in [1.165, 1.54) is 17.0 Å². The minimum Gasteiger partial charge on any atom is -0.486 e. The first-order valence-electron chi connectivity index (χ1n) is 14.7. The number of halogens is 2.